The van der Waals surface area contributed by atoms with Gasteiger partial charge in [-0.2, -0.15) is 0 Å². The second kappa shape index (κ2) is 9.12. The molecule has 0 bridgehead atoms. The number of likely N-dealkylation sites (tertiary alicyclic amines) is 1. The minimum atomic E-state index is 0. The third kappa shape index (κ3) is 5.05. The molecule has 0 radical (unpaired) electrons. The van der Waals surface area contributed by atoms with Gasteiger partial charge in [0.05, 0.1) is 13.7 Å². The van der Waals surface area contributed by atoms with Crippen LogP contribution >= 0.6 is 24.0 Å². The molecular weight excluding hydrogens is 377 g/mol. The van der Waals surface area contributed by atoms with Crippen LogP contribution in [0, 0.1) is 6.92 Å². The lowest BCUT2D eigenvalue weighted by Crippen LogP contribution is -2.39. The van der Waals surface area contributed by atoms with Gasteiger partial charge >= 0.3 is 0 Å². The highest BCUT2D eigenvalue weighted by molar-refractivity contribution is 14.0. The maximum Gasteiger partial charge on any atom is 0.194 e. The highest BCUT2D eigenvalue weighted by Gasteiger charge is 2.15. The number of guanidine groups is 1. The molecule has 0 amide bonds. The summed E-state index contributed by atoms with van der Waals surface area (Å²) >= 11 is 0. The van der Waals surface area contributed by atoms with Crippen molar-refractivity contribution >= 4 is 29.9 Å². The highest BCUT2D eigenvalue weighted by atomic mass is 127. The Hall–Kier alpha value is -0.980. The summed E-state index contributed by atoms with van der Waals surface area (Å²) in [7, 11) is 1.71. The van der Waals surface area contributed by atoms with E-state index < -0.39 is 0 Å². The molecule has 0 aromatic heterocycles. The summed E-state index contributed by atoms with van der Waals surface area (Å²) in [5.41, 5.74) is 2.38. The van der Waals surface area contributed by atoms with Crippen LogP contribution in [0.1, 0.15) is 30.9 Å². The number of benzene rings is 1. The Bertz CT molecular complexity index is 471. The lowest BCUT2D eigenvalue weighted by molar-refractivity contribution is 0.411. The first-order valence-electron chi connectivity index (χ1n) is 7.41. The number of rotatable bonds is 4. The number of aliphatic imine (C=N–C) groups is 1. The van der Waals surface area contributed by atoms with E-state index in [1.54, 1.807) is 7.11 Å². The van der Waals surface area contributed by atoms with Crippen molar-refractivity contribution in [3.63, 3.8) is 0 Å². The molecule has 0 aliphatic carbocycles. The van der Waals surface area contributed by atoms with Crippen molar-refractivity contribution in [3.05, 3.63) is 29.3 Å². The molecule has 5 heteroatoms. The summed E-state index contributed by atoms with van der Waals surface area (Å²) in [6.07, 6.45) is 2.54. The molecule has 118 valence electrons. The first kappa shape index (κ1) is 18.1. The van der Waals surface area contributed by atoms with Crippen molar-refractivity contribution in [2.75, 3.05) is 26.7 Å². The van der Waals surface area contributed by atoms with E-state index in [1.165, 1.54) is 18.4 Å². The Morgan fingerprint density at radius 1 is 1.33 bits per heavy atom. The van der Waals surface area contributed by atoms with Crippen LogP contribution in [0.3, 0.4) is 0 Å². The predicted molar refractivity (Wildman–Crippen MR) is 98.8 cm³/mol. The fraction of sp³-hybridized carbons (Fsp3) is 0.562. The van der Waals surface area contributed by atoms with Gasteiger partial charge in [-0.25, -0.2) is 4.99 Å². The Morgan fingerprint density at radius 2 is 2.05 bits per heavy atom. The molecule has 1 heterocycles. The first-order valence-corrected chi connectivity index (χ1v) is 7.41. The Kier molecular flexibility index (Phi) is 7.85. The number of nitrogens with one attached hydrogen (secondary N) is 1. The van der Waals surface area contributed by atoms with Gasteiger partial charge in [-0.1, -0.05) is 12.1 Å². The Labute approximate surface area is 145 Å². The average molecular weight is 403 g/mol. The zero-order valence-electron chi connectivity index (χ0n) is 13.2. The second-order valence-electron chi connectivity index (χ2n) is 5.17. The molecule has 1 aromatic carbocycles. The molecular formula is C16H26IN3O. The highest BCUT2D eigenvalue weighted by Crippen LogP contribution is 2.19. The van der Waals surface area contributed by atoms with Gasteiger partial charge in [-0.3, -0.25) is 0 Å². The van der Waals surface area contributed by atoms with E-state index >= 15 is 0 Å². The molecule has 1 aromatic rings. The number of nitrogens with zero attached hydrogens (tertiary/aromatic N) is 2. The maximum atomic E-state index is 5.29. The molecule has 1 N–H and O–H groups in total. The van der Waals surface area contributed by atoms with Gasteiger partial charge in [0.1, 0.15) is 5.75 Å². The van der Waals surface area contributed by atoms with Crippen LogP contribution in [0.5, 0.6) is 5.75 Å². The molecule has 0 spiro atoms. The van der Waals surface area contributed by atoms with Crippen molar-refractivity contribution in [1.29, 1.82) is 0 Å². The summed E-state index contributed by atoms with van der Waals surface area (Å²) in [6, 6.07) is 6.25. The average Bonchev–Trinajstić information content (AvgIpc) is 2.97. The lowest BCUT2D eigenvalue weighted by Gasteiger charge is -2.20. The van der Waals surface area contributed by atoms with E-state index in [1.807, 2.05) is 6.07 Å². The van der Waals surface area contributed by atoms with E-state index in [2.05, 4.69) is 36.2 Å². The van der Waals surface area contributed by atoms with Crippen molar-refractivity contribution in [2.45, 2.75) is 33.2 Å². The SMILES string of the molecule is CCNC(=NCc1ccc(OC)c(C)c1)N1CCCC1.I. The van der Waals surface area contributed by atoms with Crippen LogP contribution in [0.15, 0.2) is 23.2 Å². The molecule has 1 fully saturated rings. The fourth-order valence-corrected chi connectivity index (χ4v) is 2.56. The quantitative estimate of drug-likeness (QED) is 0.477. The summed E-state index contributed by atoms with van der Waals surface area (Å²) in [4.78, 5) is 7.10. The van der Waals surface area contributed by atoms with Crippen LogP contribution < -0.4 is 10.1 Å². The number of halogens is 1. The van der Waals surface area contributed by atoms with Crippen LogP contribution in [0.4, 0.5) is 0 Å². The summed E-state index contributed by atoms with van der Waals surface area (Å²) in [5, 5.41) is 3.38. The Balaban J connectivity index is 0.00000220. The van der Waals surface area contributed by atoms with Gasteiger partial charge in [-0.05, 0) is 43.9 Å². The first-order chi connectivity index (χ1) is 9.74. The Morgan fingerprint density at radius 3 is 2.62 bits per heavy atom. The number of methoxy groups -OCH3 is 1. The molecule has 2 rings (SSSR count). The number of aryl methyl sites for hydroxylation is 1. The van der Waals surface area contributed by atoms with Crippen molar-refractivity contribution in [1.82, 2.24) is 10.2 Å². The van der Waals surface area contributed by atoms with Crippen LogP contribution in [-0.2, 0) is 6.54 Å². The van der Waals surface area contributed by atoms with Gasteiger partial charge in [0.15, 0.2) is 5.96 Å². The van der Waals surface area contributed by atoms with Gasteiger partial charge in [0.25, 0.3) is 0 Å². The van der Waals surface area contributed by atoms with Crippen LogP contribution in [0.25, 0.3) is 0 Å². The van der Waals surface area contributed by atoms with Gasteiger partial charge in [0, 0.05) is 19.6 Å². The second-order valence-corrected chi connectivity index (χ2v) is 5.17. The minimum absolute atomic E-state index is 0. The van der Waals surface area contributed by atoms with Crippen molar-refractivity contribution in [3.8, 4) is 5.75 Å². The summed E-state index contributed by atoms with van der Waals surface area (Å²) in [6.45, 7) is 8.04. The van der Waals surface area contributed by atoms with Crippen molar-refractivity contribution < 1.29 is 4.74 Å². The molecule has 0 unspecified atom stereocenters. The molecule has 1 saturated heterocycles. The van der Waals surface area contributed by atoms with Crippen LogP contribution in [0.2, 0.25) is 0 Å². The monoisotopic (exact) mass is 403 g/mol. The lowest BCUT2D eigenvalue weighted by atomic mass is 10.1. The molecule has 21 heavy (non-hydrogen) atoms. The maximum absolute atomic E-state index is 5.29. The van der Waals surface area contributed by atoms with Gasteiger partial charge in [0.2, 0.25) is 0 Å². The third-order valence-electron chi connectivity index (χ3n) is 3.61. The van der Waals surface area contributed by atoms with E-state index in [0.29, 0.717) is 6.54 Å². The summed E-state index contributed by atoms with van der Waals surface area (Å²) < 4.78 is 5.29. The zero-order chi connectivity index (χ0) is 14.4. The topological polar surface area (TPSA) is 36.9 Å². The molecule has 0 saturated carbocycles. The van der Waals surface area contributed by atoms with E-state index in [-0.39, 0.29) is 24.0 Å². The minimum Gasteiger partial charge on any atom is -0.496 e. The molecule has 1 aliphatic rings. The number of hydrogen-bond donors (Lipinski definition) is 1. The van der Waals surface area contributed by atoms with E-state index in [9.17, 15) is 0 Å². The van der Waals surface area contributed by atoms with E-state index in [0.717, 1.165) is 36.9 Å². The van der Waals surface area contributed by atoms with Crippen molar-refractivity contribution in [2.24, 2.45) is 4.99 Å². The zero-order valence-corrected chi connectivity index (χ0v) is 15.5. The third-order valence-corrected chi connectivity index (χ3v) is 3.61. The van der Waals surface area contributed by atoms with Crippen LogP contribution in [-0.4, -0.2) is 37.6 Å². The van der Waals surface area contributed by atoms with Gasteiger partial charge in [-0.15, -0.1) is 24.0 Å². The summed E-state index contributed by atoms with van der Waals surface area (Å²) in [5.74, 6) is 1.97. The predicted octanol–water partition coefficient (Wildman–Crippen LogP) is 3.18. The number of ether oxygens (including phenoxy) is 1. The standard InChI is InChI=1S/C16H25N3O.HI/c1-4-17-16(19-9-5-6-10-19)18-12-14-7-8-15(20-3)13(2)11-14;/h7-8,11H,4-6,9-10,12H2,1-3H3,(H,17,18);1H. The molecule has 4 nitrogen and oxygen atoms in total. The fourth-order valence-electron chi connectivity index (χ4n) is 2.56. The smallest absolute Gasteiger partial charge is 0.194 e. The number of hydrogen-bond acceptors (Lipinski definition) is 2. The molecule has 0 atom stereocenters. The largest absolute Gasteiger partial charge is 0.496 e. The van der Waals surface area contributed by atoms with E-state index in [4.69, 9.17) is 9.73 Å². The normalized spacial score (nSPS) is 14.8. The molecule has 1 aliphatic heterocycles. The van der Waals surface area contributed by atoms with Gasteiger partial charge < -0.3 is 15.0 Å².